The monoisotopic (exact) mass is 187 g/mol. The van der Waals surface area contributed by atoms with Crippen molar-refractivity contribution >= 4 is 28.7 Å². The fraction of sp³-hybridized carbons (Fsp3) is 0.167. The molecular formula is C6H6ClN3O2. The van der Waals surface area contributed by atoms with Gasteiger partial charge in [-0.05, 0) is 11.6 Å². The van der Waals surface area contributed by atoms with E-state index in [1.54, 1.807) is 0 Å². The number of carbonyl (C=O) groups is 2. The van der Waals surface area contributed by atoms with E-state index in [2.05, 4.69) is 10.4 Å². The molecule has 0 aromatic carbocycles. The van der Waals surface area contributed by atoms with Crippen LogP contribution in [-0.2, 0) is 4.79 Å². The van der Waals surface area contributed by atoms with E-state index in [9.17, 15) is 9.59 Å². The van der Waals surface area contributed by atoms with Crippen molar-refractivity contribution in [1.29, 1.82) is 0 Å². The predicted octanol–water partition coefficient (Wildman–Crippen LogP) is 1.05. The van der Waals surface area contributed by atoms with Gasteiger partial charge in [0.05, 0.1) is 0 Å². The smallest absolute Gasteiger partial charge is 0.309 e. The minimum atomic E-state index is -0.716. The zero-order valence-electron chi connectivity index (χ0n) is 6.24. The molecule has 0 aliphatic heterocycles. The van der Waals surface area contributed by atoms with Gasteiger partial charge in [-0.1, -0.05) is 0 Å². The van der Waals surface area contributed by atoms with E-state index in [-0.39, 0.29) is 5.91 Å². The summed E-state index contributed by atoms with van der Waals surface area (Å²) in [6, 6.07) is 1.47. The van der Waals surface area contributed by atoms with Gasteiger partial charge in [0.1, 0.15) is 0 Å². The van der Waals surface area contributed by atoms with Crippen LogP contribution in [0.25, 0.3) is 0 Å². The first kappa shape index (κ1) is 8.73. The molecule has 0 radical (unpaired) electrons. The molecule has 0 spiro atoms. The van der Waals surface area contributed by atoms with Crippen molar-refractivity contribution in [2.75, 3.05) is 5.32 Å². The molecule has 0 bridgehead atoms. The summed E-state index contributed by atoms with van der Waals surface area (Å²) >= 11 is 5.10. The second-order valence-electron chi connectivity index (χ2n) is 2.08. The second kappa shape index (κ2) is 3.36. The van der Waals surface area contributed by atoms with E-state index in [1.807, 2.05) is 0 Å². The first-order chi connectivity index (χ1) is 5.59. The lowest BCUT2D eigenvalue weighted by atomic mass is 10.6. The average molecular weight is 188 g/mol. The lowest BCUT2D eigenvalue weighted by Crippen LogP contribution is -2.08. The molecule has 1 heterocycles. The lowest BCUT2D eigenvalue weighted by molar-refractivity contribution is -0.114. The van der Waals surface area contributed by atoms with Crippen LogP contribution in [0.5, 0.6) is 0 Å². The summed E-state index contributed by atoms with van der Waals surface area (Å²) in [4.78, 5) is 21.0. The van der Waals surface area contributed by atoms with Crippen LogP contribution in [0, 0.1) is 0 Å². The number of carbonyl (C=O) groups excluding carboxylic acids is 2. The van der Waals surface area contributed by atoms with Gasteiger partial charge in [-0.25, -0.2) is 0 Å². The molecule has 1 aromatic heterocycles. The summed E-state index contributed by atoms with van der Waals surface area (Å²) in [6.07, 6.45) is 1.36. The summed E-state index contributed by atoms with van der Waals surface area (Å²) in [5.74, 6) is 0.0544. The van der Waals surface area contributed by atoms with Crippen molar-refractivity contribution in [2.24, 2.45) is 0 Å². The highest BCUT2D eigenvalue weighted by Crippen LogP contribution is 2.02. The summed E-state index contributed by atoms with van der Waals surface area (Å²) in [6.45, 7) is 1.35. The molecule has 5 nitrogen and oxygen atoms in total. The van der Waals surface area contributed by atoms with Crippen molar-refractivity contribution < 1.29 is 9.59 Å². The topological polar surface area (TPSA) is 64.0 Å². The minimum Gasteiger partial charge on any atom is -0.309 e. The maximum Gasteiger partial charge on any atom is 0.340 e. The lowest BCUT2D eigenvalue weighted by Gasteiger charge is -1.93. The third-order valence-corrected chi connectivity index (χ3v) is 1.25. The van der Waals surface area contributed by atoms with Crippen molar-refractivity contribution in [3.8, 4) is 0 Å². The van der Waals surface area contributed by atoms with Crippen LogP contribution in [0.1, 0.15) is 6.92 Å². The first-order valence-corrected chi connectivity index (χ1v) is 3.50. The zero-order valence-corrected chi connectivity index (χ0v) is 7.00. The Morgan fingerprint density at radius 2 is 2.33 bits per heavy atom. The van der Waals surface area contributed by atoms with E-state index >= 15 is 0 Å². The predicted molar refractivity (Wildman–Crippen MR) is 43.2 cm³/mol. The molecule has 6 heteroatoms. The summed E-state index contributed by atoms with van der Waals surface area (Å²) < 4.78 is 0.923. The molecule has 1 amide bonds. The number of amides is 1. The normalized spacial score (nSPS) is 9.50. The van der Waals surface area contributed by atoms with E-state index in [1.165, 1.54) is 19.2 Å². The maximum atomic E-state index is 10.5. The van der Waals surface area contributed by atoms with Gasteiger partial charge in [0.15, 0.2) is 5.82 Å². The van der Waals surface area contributed by atoms with Gasteiger partial charge in [0.2, 0.25) is 5.91 Å². The van der Waals surface area contributed by atoms with Crippen LogP contribution in [0.4, 0.5) is 10.6 Å². The minimum absolute atomic E-state index is 0.248. The zero-order chi connectivity index (χ0) is 9.14. The van der Waals surface area contributed by atoms with E-state index in [0.717, 1.165) is 4.68 Å². The largest absolute Gasteiger partial charge is 0.340 e. The number of rotatable bonds is 1. The van der Waals surface area contributed by atoms with Crippen LogP contribution in [0.15, 0.2) is 12.3 Å². The Balaban J connectivity index is 2.77. The first-order valence-electron chi connectivity index (χ1n) is 3.12. The third-order valence-electron chi connectivity index (χ3n) is 1.07. The Labute approximate surface area is 73.3 Å². The van der Waals surface area contributed by atoms with Crippen LogP contribution in [0.2, 0.25) is 0 Å². The molecule has 0 saturated heterocycles. The number of anilines is 1. The second-order valence-corrected chi connectivity index (χ2v) is 2.40. The molecule has 0 aliphatic rings. The van der Waals surface area contributed by atoms with E-state index in [0.29, 0.717) is 5.82 Å². The van der Waals surface area contributed by atoms with Crippen molar-refractivity contribution in [2.45, 2.75) is 6.92 Å². The Morgan fingerprint density at radius 3 is 2.75 bits per heavy atom. The SMILES string of the molecule is CC(=O)Nc1ccn(C(=O)Cl)n1. The molecule has 1 N–H and O–H groups in total. The van der Waals surface area contributed by atoms with Crippen molar-refractivity contribution in [3.63, 3.8) is 0 Å². The highest BCUT2D eigenvalue weighted by Gasteiger charge is 2.03. The summed E-state index contributed by atoms with van der Waals surface area (Å²) in [5, 5.41) is 5.34. The van der Waals surface area contributed by atoms with Gasteiger partial charge in [0, 0.05) is 19.2 Å². The fourth-order valence-corrected chi connectivity index (χ4v) is 0.763. The average Bonchev–Trinajstić information content (AvgIpc) is 2.34. The van der Waals surface area contributed by atoms with Crippen molar-refractivity contribution in [3.05, 3.63) is 12.3 Å². The highest BCUT2D eigenvalue weighted by atomic mass is 35.5. The quantitative estimate of drug-likeness (QED) is 0.669. The molecule has 1 aromatic rings. The molecule has 0 fully saturated rings. The fourth-order valence-electron chi connectivity index (χ4n) is 0.669. The Morgan fingerprint density at radius 1 is 1.67 bits per heavy atom. The van der Waals surface area contributed by atoms with Gasteiger partial charge in [-0.15, -0.1) is 5.10 Å². The van der Waals surface area contributed by atoms with Gasteiger partial charge in [-0.3, -0.25) is 9.59 Å². The maximum absolute atomic E-state index is 10.5. The number of hydrogen-bond donors (Lipinski definition) is 1. The molecular weight excluding hydrogens is 182 g/mol. The third kappa shape index (κ3) is 2.06. The summed E-state index contributed by atoms with van der Waals surface area (Å²) in [5.41, 5.74) is 0. The van der Waals surface area contributed by atoms with Crippen LogP contribution in [-0.4, -0.2) is 21.1 Å². The molecule has 0 aliphatic carbocycles. The molecule has 1 rings (SSSR count). The Kier molecular flexibility index (Phi) is 2.44. The van der Waals surface area contributed by atoms with E-state index in [4.69, 9.17) is 11.6 Å². The number of halogens is 1. The molecule has 12 heavy (non-hydrogen) atoms. The highest BCUT2D eigenvalue weighted by molar-refractivity contribution is 6.63. The van der Waals surface area contributed by atoms with E-state index < -0.39 is 5.37 Å². The van der Waals surface area contributed by atoms with Crippen LogP contribution in [0.3, 0.4) is 0 Å². The van der Waals surface area contributed by atoms with Crippen LogP contribution < -0.4 is 5.32 Å². The Bertz CT molecular complexity index is 320. The standard InChI is InChI=1S/C6H6ClN3O2/c1-4(11)8-5-2-3-10(9-5)6(7)12/h2-3H,1H3,(H,8,9,11). The van der Waals surface area contributed by atoms with Gasteiger partial charge < -0.3 is 5.32 Å². The number of aromatic nitrogens is 2. The van der Waals surface area contributed by atoms with Gasteiger partial charge in [0.25, 0.3) is 0 Å². The number of nitrogens with one attached hydrogen (secondary N) is 1. The molecule has 64 valence electrons. The Hall–Kier alpha value is -1.36. The molecule has 0 atom stereocenters. The summed E-state index contributed by atoms with van der Waals surface area (Å²) in [7, 11) is 0. The number of hydrogen-bond acceptors (Lipinski definition) is 3. The molecule has 0 saturated carbocycles. The van der Waals surface area contributed by atoms with Gasteiger partial charge in [-0.2, -0.15) is 4.68 Å². The van der Waals surface area contributed by atoms with Crippen molar-refractivity contribution in [1.82, 2.24) is 9.78 Å². The molecule has 0 unspecified atom stereocenters. The van der Waals surface area contributed by atoms with Crippen LogP contribution >= 0.6 is 11.6 Å². The number of nitrogens with zero attached hydrogens (tertiary/aromatic N) is 2. The van der Waals surface area contributed by atoms with Gasteiger partial charge >= 0.3 is 5.37 Å².